The lowest BCUT2D eigenvalue weighted by Gasteiger charge is -2.22. The summed E-state index contributed by atoms with van der Waals surface area (Å²) in [6, 6.07) is 1.89. The molecule has 1 N–H and O–H groups in total. The third-order valence-corrected chi connectivity index (χ3v) is 2.64. The fourth-order valence-corrected chi connectivity index (χ4v) is 1.56. The van der Waals surface area contributed by atoms with Gasteiger partial charge in [0.15, 0.2) is 5.76 Å². The highest BCUT2D eigenvalue weighted by Gasteiger charge is 2.26. The van der Waals surface area contributed by atoms with Gasteiger partial charge in [-0.15, -0.1) is 0 Å². The first-order chi connectivity index (χ1) is 7.34. The SMILES string of the molecule is Cc1ccoc1-c1noc(C2CNC2)n1. The van der Waals surface area contributed by atoms with Crippen molar-refractivity contribution in [2.75, 3.05) is 13.1 Å². The van der Waals surface area contributed by atoms with Gasteiger partial charge in [0.1, 0.15) is 0 Å². The Morgan fingerprint density at radius 2 is 2.33 bits per heavy atom. The first-order valence-electron chi connectivity index (χ1n) is 4.93. The Hall–Kier alpha value is -1.62. The van der Waals surface area contributed by atoms with Gasteiger partial charge < -0.3 is 14.3 Å². The summed E-state index contributed by atoms with van der Waals surface area (Å²) >= 11 is 0. The molecule has 15 heavy (non-hydrogen) atoms. The smallest absolute Gasteiger partial charge is 0.238 e. The van der Waals surface area contributed by atoms with E-state index in [4.69, 9.17) is 8.94 Å². The molecule has 0 saturated carbocycles. The van der Waals surface area contributed by atoms with E-state index in [2.05, 4.69) is 15.5 Å². The van der Waals surface area contributed by atoms with Gasteiger partial charge in [-0.1, -0.05) is 5.16 Å². The lowest BCUT2D eigenvalue weighted by Crippen LogP contribution is -2.40. The fourth-order valence-electron chi connectivity index (χ4n) is 1.56. The van der Waals surface area contributed by atoms with E-state index in [9.17, 15) is 0 Å². The van der Waals surface area contributed by atoms with Gasteiger partial charge >= 0.3 is 0 Å². The minimum absolute atomic E-state index is 0.363. The van der Waals surface area contributed by atoms with Gasteiger partial charge in [-0.05, 0) is 18.6 Å². The molecular weight excluding hydrogens is 194 g/mol. The second-order valence-electron chi connectivity index (χ2n) is 3.74. The Morgan fingerprint density at radius 3 is 2.93 bits per heavy atom. The third-order valence-electron chi connectivity index (χ3n) is 2.64. The number of nitrogens with zero attached hydrogens (tertiary/aromatic N) is 2. The summed E-state index contributed by atoms with van der Waals surface area (Å²) in [6.07, 6.45) is 1.63. The lowest BCUT2D eigenvalue weighted by molar-refractivity contribution is 0.308. The quantitative estimate of drug-likeness (QED) is 0.801. The van der Waals surface area contributed by atoms with Crippen molar-refractivity contribution in [3.63, 3.8) is 0 Å². The highest BCUT2D eigenvalue weighted by molar-refractivity contribution is 5.51. The molecule has 1 aliphatic heterocycles. The monoisotopic (exact) mass is 205 g/mol. The van der Waals surface area contributed by atoms with Crippen LogP contribution < -0.4 is 5.32 Å². The molecule has 0 unspecified atom stereocenters. The van der Waals surface area contributed by atoms with Crippen LogP contribution in [-0.2, 0) is 0 Å². The zero-order valence-electron chi connectivity index (χ0n) is 8.36. The lowest BCUT2D eigenvalue weighted by atomic mass is 10.0. The predicted molar refractivity (Wildman–Crippen MR) is 52.3 cm³/mol. The van der Waals surface area contributed by atoms with Gasteiger partial charge in [-0.2, -0.15) is 4.98 Å². The maximum absolute atomic E-state index is 5.29. The van der Waals surface area contributed by atoms with Crippen LogP contribution in [0.3, 0.4) is 0 Å². The molecule has 2 aromatic heterocycles. The Balaban J connectivity index is 1.93. The van der Waals surface area contributed by atoms with E-state index in [1.807, 2.05) is 13.0 Å². The van der Waals surface area contributed by atoms with Gasteiger partial charge in [-0.3, -0.25) is 0 Å². The number of furan rings is 1. The summed E-state index contributed by atoms with van der Waals surface area (Å²) in [6.45, 7) is 3.79. The number of aromatic nitrogens is 2. The maximum Gasteiger partial charge on any atom is 0.238 e. The van der Waals surface area contributed by atoms with Crippen LogP contribution in [0, 0.1) is 6.92 Å². The normalized spacial score (nSPS) is 16.6. The minimum Gasteiger partial charge on any atom is -0.461 e. The van der Waals surface area contributed by atoms with Crippen LogP contribution in [0.4, 0.5) is 0 Å². The summed E-state index contributed by atoms with van der Waals surface area (Å²) in [5.41, 5.74) is 1.02. The molecule has 0 spiro atoms. The molecule has 1 fully saturated rings. The van der Waals surface area contributed by atoms with Crippen molar-refractivity contribution in [3.8, 4) is 11.6 Å². The van der Waals surface area contributed by atoms with E-state index in [1.165, 1.54) is 0 Å². The molecule has 0 bridgehead atoms. The molecule has 1 aliphatic rings. The minimum atomic E-state index is 0.363. The van der Waals surface area contributed by atoms with Crippen LogP contribution in [0.5, 0.6) is 0 Å². The van der Waals surface area contributed by atoms with Gasteiger partial charge in [0.2, 0.25) is 11.7 Å². The van der Waals surface area contributed by atoms with Crippen molar-refractivity contribution in [1.82, 2.24) is 15.5 Å². The first kappa shape index (κ1) is 8.67. The second-order valence-corrected chi connectivity index (χ2v) is 3.74. The highest BCUT2D eigenvalue weighted by Crippen LogP contribution is 2.24. The fraction of sp³-hybridized carbons (Fsp3) is 0.400. The van der Waals surface area contributed by atoms with E-state index in [0.29, 0.717) is 23.4 Å². The predicted octanol–water partition coefficient (Wildman–Crippen LogP) is 1.32. The molecule has 78 valence electrons. The third kappa shape index (κ3) is 1.35. The zero-order valence-corrected chi connectivity index (χ0v) is 8.36. The standard InChI is InChI=1S/C10H11N3O2/c1-6-2-3-14-8(6)9-12-10(15-13-9)7-4-11-5-7/h2-3,7,11H,4-5H2,1H3. The van der Waals surface area contributed by atoms with Crippen LogP contribution >= 0.6 is 0 Å². The number of nitrogens with one attached hydrogen (secondary N) is 1. The average molecular weight is 205 g/mol. The summed E-state index contributed by atoms with van der Waals surface area (Å²) in [5, 5.41) is 7.08. The topological polar surface area (TPSA) is 64.1 Å². The van der Waals surface area contributed by atoms with Crippen molar-refractivity contribution in [3.05, 3.63) is 23.8 Å². The second kappa shape index (κ2) is 3.20. The van der Waals surface area contributed by atoms with E-state index < -0.39 is 0 Å². The molecular formula is C10H11N3O2. The molecule has 3 rings (SSSR count). The molecule has 0 aliphatic carbocycles. The molecule has 2 aromatic rings. The van der Waals surface area contributed by atoms with Crippen molar-refractivity contribution >= 4 is 0 Å². The van der Waals surface area contributed by atoms with Crippen molar-refractivity contribution in [2.45, 2.75) is 12.8 Å². The van der Waals surface area contributed by atoms with Gasteiger partial charge in [0, 0.05) is 13.1 Å². The zero-order chi connectivity index (χ0) is 10.3. The molecule has 0 radical (unpaired) electrons. The van der Waals surface area contributed by atoms with Crippen molar-refractivity contribution in [1.29, 1.82) is 0 Å². The summed E-state index contributed by atoms with van der Waals surface area (Å²) in [7, 11) is 0. The average Bonchev–Trinajstić information content (AvgIpc) is 2.70. The molecule has 3 heterocycles. The van der Waals surface area contributed by atoms with Crippen molar-refractivity contribution < 1.29 is 8.94 Å². The number of aryl methyl sites for hydroxylation is 1. The first-order valence-corrected chi connectivity index (χ1v) is 4.93. The summed E-state index contributed by atoms with van der Waals surface area (Å²) in [5.74, 6) is 2.29. The summed E-state index contributed by atoms with van der Waals surface area (Å²) < 4.78 is 10.5. The molecule has 1 saturated heterocycles. The number of hydrogen-bond acceptors (Lipinski definition) is 5. The van der Waals surface area contributed by atoms with Crippen LogP contribution in [0.15, 0.2) is 21.3 Å². The van der Waals surface area contributed by atoms with Gasteiger partial charge in [-0.25, -0.2) is 0 Å². The Bertz CT molecular complexity index is 470. The van der Waals surface area contributed by atoms with Crippen molar-refractivity contribution in [2.24, 2.45) is 0 Å². The molecule has 0 amide bonds. The van der Waals surface area contributed by atoms with E-state index in [1.54, 1.807) is 6.26 Å². The molecule has 0 aromatic carbocycles. The van der Waals surface area contributed by atoms with Crippen LogP contribution in [0.2, 0.25) is 0 Å². The van der Waals surface area contributed by atoms with Crippen LogP contribution in [0.1, 0.15) is 17.4 Å². The van der Waals surface area contributed by atoms with E-state index >= 15 is 0 Å². The number of rotatable bonds is 2. The van der Waals surface area contributed by atoms with Gasteiger partial charge in [0.25, 0.3) is 0 Å². The Labute approximate surface area is 86.5 Å². The highest BCUT2D eigenvalue weighted by atomic mass is 16.5. The molecule has 0 atom stereocenters. The Morgan fingerprint density at radius 1 is 1.47 bits per heavy atom. The number of hydrogen-bond donors (Lipinski definition) is 1. The van der Waals surface area contributed by atoms with Gasteiger partial charge in [0.05, 0.1) is 12.2 Å². The molecule has 5 nitrogen and oxygen atoms in total. The summed E-state index contributed by atoms with van der Waals surface area (Å²) in [4.78, 5) is 4.32. The maximum atomic E-state index is 5.29. The molecule has 5 heteroatoms. The van der Waals surface area contributed by atoms with Crippen LogP contribution in [-0.4, -0.2) is 23.2 Å². The van der Waals surface area contributed by atoms with E-state index in [0.717, 1.165) is 18.7 Å². The largest absolute Gasteiger partial charge is 0.461 e. The van der Waals surface area contributed by atoms with Crippen LogP contribution in [0.25, 0.3) is 11.6 Å². The Kier molecular flexibility index (Phi) is 1.85. The van der Waals surface area contributed by atoms with E-state index in [-0.39, 0.29) is 0 Å².